The highest BCUT2D eigenvalue weighted by Crippen LogP contribution is 2.19. The van der Waals surface area contributed by atoms with E-state index in [0.717, 1.165) is 36.2 Å². The number of hydrogen-bond acceptors (Lipinski definition) is 2. The lowest BCUT2D eigenvalue weighted by atomic mass is 10.0. The quantitative estimate of drug-likeness (QED) is 0.820. The molecule has 0 unspecified atom stereocenters. The van der Waals surface area contributed by atoms with Crippen LogP contribution in [0.25, 0.3) is 0 Å². The fourth-order valence-electron chi connectivity index (χ4n) is 1.72. The predicted molar refractivity (Wildman–Crippen MR) is 81.8 cm³/mol. The van der Waals surface area contributed by atoms with E-state index in [2.05, 4.69) is 24.5 Å². The van der Waals surface area contributed by atoms with E-state index in [4.69, 9.17) is 0 Å². The molecule has 1 aromatic carbocycles. The summed E-state index contributed by atoms with van der Waals surface area (Å²) in [6.45, 7) is 11.2. The van der Waals surface area contributed by atoms with Gasteiger partial charge in [0.1, 0.15) is 0 Å². The van der Waals surface area contributed by atoms with Gasteiger partial charge in [0.2, 0.25) is 0 Å². The first-order chi connectivity index (χ1) is 8.89. The van der Waals surface area contributed by atoms with Crippen LogP contribution in [-0.4, -0.2) is 18.0 Å². The van der Waals surface area contributed by atoms with Crippen LogP contribution >= 0.6 is 0 Å². The number of anilines is 1. The van der Waals surface area contributed by atoms with Gasteiger partial charge in [0.05, 0.1) is 5.56 Å². The normalized spacial score (nSPS) is 11.2. The first kappa shape index (κ1) is 15.5. The van der Waals surface area contributed by atoms with E-state index in [9.17, 15) is 4.79 Å². The van der Waals surface area contributed by atoms with E-state index in [1.54, 1.807) is 0 Å². The van der Waals surface area contributed by atoms with E-state index in [1.807, 2.05) is 39.0 Å². The van der Waals surface area contributed by atoms with E-state index in [-0.39, 0.29) is 11.4 Å². The molecule has 0 aliphatic carbocycles. The molecule has 19 heavy (non-hydrogen) atoms. The Labute approximate surface area is 116 Å². The van der Waals surface area contributed by atoms with Crippen LogP contribution < -0.4 is 10.6 Å². The van der Waals surface area contributed by atoms with Crippen molar-refractivity contribution in [2.45, 2.75) is 53.0 Å². The van der Waals surface area contributed by atoms with Crippen molar-refractivity contribution in [1.82, 2.24) is 5.32 Å². The molecule has 0 aliphatic heterocycles. The summed E-state index contributed by atoms with van der Waals surface area (Å²) in [7, 11) is 0. The third-order valence-electron chi connectivity index (χ3n) is 3.32. The maximum absolute atomic E-state index is 12.4. The van der Waals surface area contributed by atoms with Crippen molar-refractivity contribution in [3.05, 3.63) is 29.3 Å². The van der Waals surface area contributed by atoms with Crippen LogP contribution in [0.2, 0.25) is 0 Å². The molecular weight excluding hydrogens is 236 g/mol. The van der Waals surface area contributed by atoms with Crippen LogP contribution in [0.1, 0.15) is 56.5 Å². The number of nitrogens with one attached hydrogen (secondary N) is 2. The molecule has 0 saturated heterocycles. The summed E-state index contributed by atoms with van der Waals surface area (Å²) in [6.07, 6.45) is 1.94. The molecule has 1 aromatic rings. The zero-order chi connectivity index (χ0) is 14.5. The largest absolute Gasteiger partial charge is 0.384 e. The van der Waals surface area contributed by atoms with Gasteiger partial charge in [-0.15, -0.1) is 0 Å². The molecule has 3 nitrogen and oxygen atoms in total. The molecule has 0 bridgehead atoms. The maximum Gasteiger partial charge on any atom is 0.253 e. The molecule has 0 aromatic heterocycles. The minimum absolute atomic E-state index is 0.00541. The van der Waals surface area contributed by atoms with Gasteiger partial charge in [-0.1, -0.05) is 25.5 Å². The molecule has 2 N–H and O–H groups in total. The number of amides is 1. The zero-order valence-electron chi connectivity index (χ0n) is 12.8. The Morgan fingerprint density at radius 1 is 1.26 bits per heavy atom. The fourth-order valence-corrected chi connectivity index (χ4v) is 1.72. The second-order valence-electron chi connectivity index (χ2n) is 5.67. The topological polar surface area (TPSA) is 41.1 Å². The van der Waals surface area contributed by atoms with Crippen LogP contribution in [0.15, 0.2) is 18.2 Å². The molecule has 0 radical (unpaired) electrons. The third kappa shape index (κ3) is 4.58. The first-order valence-corrected chi connectivity index (χ1v) is 7.06. The smallest absolute Gasteiger partial charge is 0.253 e. The molecule has 0 saturated carbocycles. The van der Waals surface area contributed by atoms with E-state index in [0.29, 0.717) is 0 Å². The van der Waals surface area contributed by atoms with Gasteiger partial charge in [0, 0.05) is 17.8 Å². The highest BCUT2D eigenvalue weighted by Gasteiger charge is 2.20. The lowest BCUT2D eigenvalue weighted by Crippen LogP contribution is -2.43. The van der Waals surface area contributed by atoms with Crippen LogP contribution in [0.5, 0.6) is 0 Å². The number of benzene rings is 1. The van der Waals surface area contributed by atoms with Crippen molar-refractivity contribution in [3.63, 3.8) is 0 Å². The molecule has 1 amide bonds. The Morgan fingerprint density at radius 3 is 2.53 bits per heavy atom. The Kier molecular flexibility index (Phi) is 5.40. The second kappa shape index (κ2) is 6.60. The van der Waals surface area contributed by atoms with E-state index >= 15 is 0 Å². The van der Waals surface area contributed by atoms with Crippen LogP contribution in [0, 0.1) is 6.92 Å². The summed E-state index contributed by atoms with van der Waals surface area (Å²) >= 11 is 0. The highest BCUT2D eigenvalue weighted by molar-refractivity contribution is 6.00. The minimum atomic E-state index is -0.178. The Balaban J connectivity index is 2.96. The molecular formula is C16H26N2O. The summed E-state index contributed by atoms with van der Waals surface area (Å²) in [5, 5.41) is 6.40. The van der Waals surface area contributed by atoms with E-state index < -0.39 is 0 Å². The average Bonchev–Trinajstić information content (AvgIpc) is 2.36. The summed E-state index contributed by atoms with van der Waals surface area (Å²) in [5.74, 6) is -0.00541. The number of carbonyl (C=O) groups is 1. The van der Waals surface area contributed by atoms with Gasteiger partial charge in [0.15, 0.2) is 0 Å². The molecule has 0 aliphatic rings. The van der Waals surface area contributed by atoms with Crippen molar-refractivity contribution in [2.75, 3.05) is 11.9 Å². The summed E-state index contributed by atoms with van der Waals surface area (Å²) < 4.78 is 0. The standard InChI is InChI=1S/C16H26N2O/c1-6-10-17-14-9-8-12(3)11-13(14)15(19)18-16(4,5)7-2/h8-9,11,17H,6-7,10H2,1-5H3,(H,18,19). The second-order valence-corrected chi connectivity index (χ2v) is 5.67. The molecule has 0 atom stereocenters. The van der Waals surface area contributed by atoms with Gasteiger partial charge in [-0.2, -0.15) is 0 Å². The van der Waals surface area contributed by atoms with Gasteiger partial charge in [0.25, 0.3) is 5.91 Å². The molecule has 0 fully saturated rings. The minimum Gasteiger partial charge on any atom is -0.384 e. The monoisotopic (exact) mass is 262 g/mol. The predicted octanol–water partition coefficient (Wildman–Crippen LogP) is 3.74. The summed E-state index contributed by atoms with van der Waals surface area (Å²) in [5.41, 5.74) is 2.57. The fraction of sp³-hybridized carbons (Fsp3) is 0.562. The Bertz CT molecular complexity index is 438. The lowest BCUT2D eigenvalue weighted by Gasteiger charge is -2.25. The average molecular weight is 262 g/mol. The SMILES string of the molecule is CCCNc1ccc(C)cc1C(=O)NC(C)(C)CC. The van der Waals surface area contributed by atoms with Gasteiger partial charge >= 0.3 is 0 Å². The van der Waals surface area contributed by atoms with Crippen molar-refractivity contribution < 1.29 is 4.79 Å². The molecule has 0 spiro atoms. The van der Waals surface area contributed by atoms with Gasteiger partial charge < -0.3 is 10.6 Å². The van der Waals surface area contributed by atoms with Crippen LogP contribution in [0.3, 0.4) is 0 Å². The molecule has 106 valence electrons. The number of rotatable bonds is 6. The van der Waals surface area contributed by atoms with E-state index in [1.165, 1.54) is 0 Å². The Hall–Kier alpha value is -1.51. The number of carbonyl (C=O) groups excluding carboxylic acids is 1. The molecule has 0 heterocycles. The lowest BCUT2D eigenvalue weighted by molar-refractivity contribution is 0.0912. The third-order valence-corrected chi connectivity index (χ3v) is 3.32. The van der Waals surface area contributed by atoms with Crippen molar-refractivity contribution in [3.8, 4) is 0 Å². The molecule has 1 rings (SSSR count). The van der Waals surface area contributed by atoms with Gasteiger partial charge in [-0.25, -0.2) is 0 Å². The summed E-state index contributed by atoms with van der Waals surface area (Å²) in [4.78, 5) is 12.4. The van der Waals surface area contributed by atoms with Crippen molar-refractivity contribution >= 4 is 11.6 Å². The highest BCUT2D eigenvalue weighted by atomic mass is 16.1. The van der Waals surface area contributed by atoms with Gasteiger partial charge in [-0.05, 0) is 45.7 Å². The number of aryl methyl sites for hydroxylation is 1. The molecule has 3 heteroatoms. The van der Waals surface area contributed by atoms with Crippen LogP contribution in [0.4, 0.5) is 5.69 Å². The van der Waals surface area contributed by atoms with Crippen LogP contribution in [-0.2, 0) is 0 Å². The summed E-state index contributed by atoms with van der Waals surface area (Å²) in [6, 6.07) is 5.96. The zero-order valence-corrected chi connectivity index (χ0v) is 12.8. The first-order valence-electron chi connectivity index (χ1n) is 7.06. The van der Waals surface area contributed by atoms with Crippen molar-refractivity contribution in [1.29, 1.82) is 0 Å². The van der Waals surface area contributed by atoms with Gasteiger partial charge in [-0.3, -0.25) is 4.79 Å². The van der Waals surface area contributed by atoms with Crippen molar-refractivity contribution in [2.24, 2.45) is 0 Å². The maximum atomic E-state index is 12.4. The number of hydrogen-bond donors (Lipinski definition) is 2. The Morgan fingerprint density at radius 2 is 1.95 bits per heavy atom.